The summed E-state index contributed by atoms with van der Waals surface area (Å²) in [5.41, 5.74) is 0.615. The lowest BCUT2D eigenvalue weighted by Crippen LogP contribution is -2.26. The van der Waals surface area contributed by atoms with Crippen LogP contribution in [0.1, 0.15) is 20.3 Å². The first-order valence-corrected chi connectivity index (χ1v) is 9.08. The van der Waals surface area contributed by atoms with Crippen molar-refractivity contribution in [2.24, 2.45) is 5.92 Å². The monoisotopic (exact) mass is 354 g/mol. The Morgan fingerprint density at radius 2 is 2.22 bits per heavy atom. The summed E-state index contributed by atoms with van der Waals surface area (Å²) < 4.78 is 13.8. The molecule has 0 aliphatic carbocycles. The van der Waals surface area contributed by atoms with Crippen molar-refractivity contribution in [2.45, 2.75) is 24.6 Å². The second-order valence-corrected chi connectivity index (χ2v) is 7.53. The van der Waals surface area contributed by atoms with E-state index >= 15 is 0 Å². The molecule has 1 aromatic carbocycles. The molecule has 0 saturated carbocycles. The standard InChI is InChI=1S/C15H19FN4OS2/c1-10(2)6-7-17-13(21)9-22-15-20-19-14(23-15)18-12-5-3-4-11(16)8-12/h3-5,8,10H,6-7,9H2,1-2H3,(H,17,21)(H,18,19). The lowest BCUT2D eigenvalue weighted by Gasteiger charge is -2.05. The summed E-state index contributed by atoms with van der Waals surface area (Å²) in [7, 11) is 0. The molecule has 0 fully saturated rings. The third-order valence-corrected chi connectivity index (χ3v) is 4.82. The zero-order valence-corrected chi connectivity index (χ0v) is 14.6. The molecule has 0 aliphatic heterocycles. The maximum Gasteiger partial charge on any atom is 0.230 e. The van der Waals surface area contributed by atoms with Crippen LogP contribution in [-0.4, -0.2) is 28.4 Å². The highest BCUT2D eigenvalue weighted by atomic mass is 32.2. The van der Waals surface area contributed by atoms with Crippen molar-refractivity contribution in [3.63, 3.8) is 0 Å². The number of hydrogen-bond acceptors (Lipinski definition) is 6. The lowest BCUT2D eigenvalue weighted by molar-refractivity contribution is -0.118. The predicted molar refractivity (Wildman–Crippen MR) is 92.8 cm³/mol. The molecular formula is C15H19FN4OS2. The van der Waals surface area contributed by atoms with E-state index in [4.69, 9.17) is 0 Å². The van der Waals surface area contributed by atoms with E-state index < -0.39 is 0 Å². The van der Waals surface area contributed by atoms with Crippen molar-refractivity contribution in [3.8, 4) is 0 Å². The number of carbonyl (C=O) groups is 1. The first-order chi connectivity index (χ1) is 11.0. The Kier molecular flexibility index (Phi) is 6.79. The van der Waals surface area contributed by atoms with Gasteiger partial charge in [0, 0.05) is 12.2 Å². The van der Waals surface area contributed by atoms with Crippen LogP contribution in [0, 0.1) is 11.7 Å². The molecule has 2 aromatic rings. The number of aromatic nitrogens is 2. The van der Waals surface area contributed by atoms with Crippen LogP contribution in [0.4, 0.5) is 15.2 Å². The molecule has 5 nitrogen and oxygen atoms in total. The van der Waals surface area contributed by atoms with Crippen molar-refractivity contribution in [1.82, 2.24) is 15.5 Å². The molecule has 1 heterocycles. The number of anilines is 2. The molecule has 0 bridgehead atoms. The molecule has 0 atom stereocenters. The number of benzene rings is 1. The minimum absolute atomic E-state index is 0.00881. The van der Waals surface area contributed by atoms with Crippen LogP contribution < -0.4 is 10.6 Å². The summed E-state index contributed by atoms with van der Waals surface area (Å²) in [6.45, 7) is 4.93. The third kappa shape index (κ3) is 6.54. The number of nitrogens with zero attached hydrogens (tertiary/aromatic N) is 2. The van der Waals surface area contributed by atoms with Gasteiger partial charge in [0.05, 0.1) is 5.75 Å². The fourth-order valence-corrected chi connectivity index (χ4v) is 3.29. The molecule has 2 N–H and O–H groups in total. The molecule has 8 heteroatoms. The molecule has 2 rings (SSSR count). The molecule has 0 spiro atoms. The minimum atomic E-state index is -0.313. The van der Waals surface area contributed by atoms with Gasteiger partial charge in [-0.3, -0.25) is 4.79 Å². The van der Waals surface area contributed by atoms with E-state index in [1.54, 1.807) is 12.1 Å². The molecule has 1 amide bonds. The number of carbonyl (C=O) groups excluding carboxylic acids is 1. The third-order valence-electron chi connectivity index (χ3n) is 2.85. The maximum absolute atomic E-state index is 13.1. The second-order valence-electron chi connectivity index (χ2n) is 5.33. The fraction of sp³-hybridized carbons (Fsp3) is 0.400. The minimum Gasteiger partial charge on any atom is -0.355 e. The summed E-state index contributed by atoms with van der Waals surface area (Å²) >= 11 is 2.67. The Bertz CT molecular complexity index is 648. The van der Waals surface area contributed by atoms with Gasteiger partial charge in [0.2, 0.25) is 11.0 Å². The summed E-state index contributed by atoms with van der Waals surface area (Å²) in [5, 5.41) is 14.4. The van der Waals surface area contributed by atoms with E-state index in [9.17, 15) is 9.18 Å². The van der Waals surface area contributed by atoms with E-state index in [2.05, 4.69) is 34.7 Å². The smallest absolute Gasteiger partial charge is 0.230 e. The summed E-state index contributed by atoms with van der Waals surface area (Å²) in [5.74, 6) is 0.562. The fourth-order valence-electron chi connectivity index (χ4n) is 1.69. The Hall–Kier alpha value is -1.67. The van der Waals surface area contributed by atoms with E-state index in [1.165, 1.54) is 35.2 Å². The summed E-state index contributed by atoms with van der Waals surface area (Å²) in [6, 6.07) is 6.14. The molecule has 0 unspecified atom stereocenters. The molecule has 0 saturated heterocycles. The van der Waals surface area contributed by atoms with Crippen molar-refractivity contribution >= 4 is 39.8 Å². The number of rotatable bonds is 8. The number of thioether (sulfide) groups is 1. The van der Waals surface area contributed by atoms with Crippen molar-refractivity contribution in [2.75, 3.05) is 17.6 Å². The van der Waals surface area contributed by atoms with Gasteiger partial charge in [-0.1, -0.05) is 43.0 Å². The molecule has 1 aromatic heterocycles. The first kappa shape index (κ1) is 17.7. The van der Waals surface area contributed by atoms with Gasteiger partial charge in [-0.2, -0.15) is 0 Å². The largest absolute Gasteiger partial charge is 0.355 e. The van der Waals surface area contributed by atoms with E-state index in [0.717, 1.165) is 6.42 Å². The van der Waals surface area contributed by atoms with Gasteiger partial charge in [0.25, 0.3) is 0 Å². The van der Waals surface area contributed by atoms with Crippen molar-refractivity contribution < 1.29 is 9.18 Å². The van der Waals surface area contributed by atoms with Crippen LogP contribution in [-0.2, 0) is 4.79 Å². The van der Waals surface area contributed by atoms with Crippen LogP contribution in [0.25, 0.3) is 0 Å². The van der Waals surface area contributed by atoms with Crippen LogP contribution in [0.2, 0.25) is 0 Å². The zero-order chi connectivity index (χ0) is 16.7. The maximum atomic E-state index is 13.1. The lowest BCUT2D eigenvalue weighted by atomic mass is 10.1. The number of nitrogens with one attached hydrogen (secondary N) is 2. The molecule has 23 heavy (non-hydrogen) atoms. The topological polar surface area (TPSA) is 66.9 Å². The normalized spacial score (nSPS) is 10.8. The van der Waals surface area contributed by atoms with Gasteiger partial charge in [-0.25, -0.2) is 4.39 Å². The Labute approximate surface area is 143 Å². The molecule has 124 valence electrons. The van der Waals surface area contributed by atoms with Crippen molar-refractivity contribution in [1.29, 1.82) is 0 Å². The van der Waals surface area contributed by atoms with E-state index in [1.807, 2.05) is 0 Å². The number of halogens is 1. The molecular weight excluding hydrogens is 335 g/mol. The predicted octanol–water partition coefficient (Wildman–Crippen LogP) is 3.68. The summed E-state index contributed by atoms with van der Waals surface area (Å²) in [4.78, 5) is 11.7. The van der Waals surface area contributed by atoms with Gasteiger partial charge in [-0.15, -0.1) is 10.2 Å². The molecule has 0 radical (unpaired) electrons. The van der Waals surface area contributed by atoms with Crippen LogP contribution >= 0.6 is 23.1 Å². The van der Waals surface area contributed by atoms with Crippen LogP contribution in [0.3, 0.4) is 0 Å². The quantitative estimate of drug-likeness (QED) is 0.708. The average Bonchev–Trinajstić information content (AvgIpc) is 2.92. The first-order valence-electron chi connectivity index (χ1n) is 7.28. The van der Waals surface area contributed by atoms with Gasteiger partial charge < -0.3 is 10.6 Å². The number of hydrogen-bond donors (Lipinski definition) is 2. The van der Waals surface area contributed by atoms with Gasteiger partial charge >= 0.3 is 0 Å². The van der Waals surface area contributed by atoms with Crippen LogP contribution in [0.15, 0.2) is 28.6 Å². The Morgan fingerprint density at radius 3 is 2.96 bits per heavy atom. The van der Waals surface area contributed by atoms with Gasteiger partial charge in [0.1, 0.15) is 5.82 Å². The van der Waals surface area contributed by atoms with E-state index in [-0.39, 0.29) is 11.7 Å². The Morgan fingerprint density at radius 1 is 1.39 bits per heavy atom. The number of amides is 1. The second kappa shape index (κ2) is 8.83. The van der Waals surface area contributed by atoms with Crippen molar-refractivity contribution in [3.05, 3.63) is 30.1 Å². The highest BCUT2D eigenvalue weighted by molar-refractivity contribution is 8.01. The van der Waals surface area contributed by atoms with Gasteiger partial charge in [-0.05, 0) is 30.5 Å². The zero-order valence-electron chi connectivity index (χ0n) is 13.0. The summed E-state index contributed by atoms with van der Waals surface area (Å²) in [6.07, 6.45) is 0.969. The highest BCUT2D eigenvalue weighted by Gasteiger charge is 2.08. The SMILES string of the molecule is CC(C)CCNC(=O)CSc1nnc(Nc2cccc(F)c2)s1. The van der Waals surface area contributed by atoms with Gasteiger partial charge in [0.15, 0.2) is 4.34 Å². The Balaban J connectivity index is 1.77. The molecule has 0 aliphatic rings. The van der Waals surface area contributed by atoms with Crippen LogP contribution in [0.5, 0.6) is 0 Å². The highest BCUT2D eigenvalue weighted by Crippen LogP contribution is 2.27. The van der Waals surface area contributed by atoms with E-state index in [0.29, 0.717) is 33.4 Å². The average molecular weight is 354 g/mol.